The molecule has 0 saturated carbocycles. The highest BCUT2D eigenvalue weighted by Crippen LogP contribution is 2.36. The molecule has 0 aliphatic rings. The number of aliphatic imine (C=N–C) groups is 1. The van der Waals surface area contributed by atoms with Crippen molar-refractivity contribution in [3.63, 3.8) is 0 Å². The van der Waals surface area contributed by atoms with Crippen molar-refractivity contribution in [2.45, 2.75) is 33.4 Å². The van der Waals surface area contributed by atoms with E-state index in [-0.39, 0.29) is 35.5 Å². The van der Waals surface area contributed by atoms with Crippen LogP contribution in [-0.2, 0) is 11.3 Å². The van der Waals surface area contributed by atoms with Crippen molar-refractivity contribution in [3.05, 3.63) is 22.2 Å². The smallest absolute Gasteiger partial charge is 0.191 e. The third-order valence-corrected chi connectivity index (χ3v) is 4.47. The zero-order valence-corrected chi connectivity index (χ0v) is 20.5. The molecular formula is C18H31BrIN3O3. The summed E-state index contributed by atoms with van der Waals surface area (Å²) in [5.41, 5.74) is 1.10. The highest BCUT2D eigenvalue weighted by Gasteiger charge is 2.24. The molecule has 1 unspecified atom stereocenters. The number of nitrogens with one attached hydrogen (secondary N) is 2. The lowest BCUT2D eigenvalue weighted by atomic mass is 9.89. The van der Waals surface area contributed by atoms with E-state index in [1.54, 1.807) is 28.4 Å². The summed E-state index contributed by atoms with van der Waals surface area (Å²) in [5, 5.41) is 6.61. The van der Waals surface area contributed by atoms with E-state index in [0.29, 0.717) is 24.6 Å². The number of benzene rings is 1. The minimum Gasteiger partial charge on any atom is -0.493 e. The van der Waals surface area contributed by atoms with Crippen LogP contribution in [0.15, 0.2) is 21.6 Å². The molecule has 0 bridgehead atoms. The summed E-state index contributed by atoms with van der Waals surface area (Å²) in [7, 11) is 6.72. The summed E-state index contributed by atoms with van der Waals surface area (Å²) in [6.45, 7) is 7.74. The number of ether oxygens (including phenoxy) is 3. The zero-order valence-electron chi connectivity index (χ0n) is 16.6. The first-order valence-corrected chi connectivity index (χ1v) is 8.93. The van der Waals surface area contributed by atoms with Gasteiger partial charge in [-0.25, -0.2) is 0 Å². The number of methoxy groups -OCH3 is 3. The van der Waals surface area contributed by atoms with Crippen molar-refractivity contribution in [1.82, 2.24) is 10.6 Å². The molecular weight excluding hydrogens is 513 g/mol. The minimum atomic E-state index is 0. The predicted molar refractivity (Wildman–Crippen MR) is 121 cm³/mol. The minimum absolute atomic E-state index is 0. The molecule has 1 atom stereocenters. The van der Waals surface area contributed by atoms with Crippen molar-refractivity contribution >= 4 is 45.9 Å². The van der Waals surface area contributed by atoms with Crippen LogP contribution in [0.2, 0.25) is 0 Å². The fourth-order valence-electron chi connectivity index (χ4n) is 2.41. The molecule has 0 heterocycles. The summed E-state index contributed by atoms with van der Waals surface area (Å²) >= 11 is 3.51. The Bertz CT molecular complexity index is 592. The summed E-state index contributed by atoms with van der Waals surface area (Å²) < 4.78 is 17.1. The number of rotatable bonds is 7. The molecule has 0 aliphatic carbocycles. The molecule has 0 radical (unpaired) electrons. The van der Waals surface area contributed by atoms with Gasteiger partial charge in [-0.1, -0.05) is 20.8 Å². The highest BCUT2D eigenvalue weighted by molar-refractivity contribution is 14.0. The van der Waals surface area contributed by atoms with Crippen LogP contribution in [0.1, 0.15) is 26.3 Å². The van der Waals surface area contributed by atoms with E-state index in [0.717, 1.165) is 16.0 Å². The van der Waals surface area contributed by atoms with E-state index >= 15 is 0 Å². The molecule has 6 nitrogen and oxygen atoms in total. The molecule has 8 heteroatoms. The highest BCUT2D eigenvalue weighted by atomic mass is 127. The van der Waals surface area contributed by atoms with Crippen LogP contribution in [0.25, 0.3) is 0 Å². The van der Waals surface area contributed by atoms with Gasteiger partial charge >= 0.3 is 0 Å². The summed E-state index contributed by atoms with van der Waals surface area (Å²) in [5.74, 6) is 2.09. The van der Waals surface area contributed by atoms with Crippen LogP contribution in [0, 0.1) is 5.41 Å². The van der Waals surface area contributed by atoms with E-state index in [4.69, 9.17) is 14.2 Å². The van der Waals surface area contributed by atoms with Crippen molar-refractivity contribution < 1.29 is 14.2 Å². The fraction of sp³-hybridized carbons (Fsp3) is 0.611. The van der Waals surface area contributed by atoms with Gasteiger partial charge in [0.15, 0.2) is 17.5 Å². The first-order chi connectivity index (χ1) is 11.8. The Balaban J connectivity index is 0.00000625. The molecule has 0 aliphatic heterocycles. The standard InChI is InChI=1S/C18H30BrN3O3.HI/c1-18(2,3)15(24-6)11-22-17(20-4)21-10-12-8-13(19)16(25-7)14(9-12)23-5;/h8-9,15H,10-11H2,1-7H3,(H2,20,21,22);1H. The Kier molecular flexibility index (Phi) is 11.5. The first-order valence-electron chi connectivity index (χ1n) is 8.14. The first kappa shape index (κ1) is 25.3. The Hall–Kier alpha value is -0.740. The number of nitrogens with zero attached hydrogens (tertiary/aromatic N) is 1. The molecule has 26 heavy (non-hydrogen) atoms. The molecule has 2 N–H and O–H groups in total. The fourth-order valence-corrected chi connectivity index (χ4v) is 3.06. The number of hydrogen-bond donors (Lipinski definition) is 2. The van der Waals surface area contributed by atoms with E-state index in [9.17, 15) is 0 Å². The summed E-state index contributed by atoms with van der Waals surface area (Å²) in [6, 6.07) is 3.94. The van der Waals surface area contributed by atoms with Gasteiger partial charge in [-0.3, -0.25) is 4.99 Å². The van der Waals surface area contributed by atoms with Gasteiger partial charge in [0.2, 0.25) is 0 Å². The maximum Gasteiger partial charge on any atom is 0.191 e. The molecule has 0 amide bonds. The maximum absolute atomic E-state index is 5.56. The van der Waals surface area contributed by atoms with Gasteiger partial charge in [0.1, 0.15) is 0 Å². The van der Waals surface area contributed by atoms with Gasteiger partial charge in [0.25, 0.3) is 0 Å². The normalized spacial score (nSPS) is 12.8. The van der Waals surface area contributed by atoms with Crippen LogP contribution in [-0.4, -0.2) is 47.0 Å². The van der Waals surface area contributed by atoms with Crippen LogP contribution in [0.3, 0.4) is 0 Å². The summed E-state index contributed by atoms with van der Waals surface area (Å²) in [4.78, 5) is 4.26. The summed E-state index contributed by atoms with van der Waals surface area (Å²) in [6.07, 6.45) is 0.0845. The monoisotopic (exact) mass is 543 g/mol. The van der Waals surface area contributed by atoms with E-state index in [2.05, 4.69) is 52.3 Å². The van der Waals surface area contributed by atoms with Gasteiger partial charge in [0, 0.05) is 27.2 Å². The second kappa shape index (κ2) is 11.9. The average molecular weight is 544 g/mol. The van der Waals surface area contributed by atoms with E-state index in [1.165, 1.54) is 0 Å². The second-order valence-electron chi connectivity index (χ2n) is 6.71. The van der Waals surface area contributed by atoms with Gasteiger partial charge in [-0.2, -0.15) is 0 Å². The van der Waals surface area contributed by atoms with Crippen molar-refractivity contribution in [3.8, 4) is 11.5 Å². The quantitative estimate of drug-likeness (QED) is 0.311. The maximum atomic E-state index is 5.56. The van der Waals surface area contributed by atoms with Crippen LogP contribution in [0.5, 0.6) is 11.5 Å². The Labute approximate surface area is 182 Å². The van der Waals surface area contributed by atoms with Crippen molar-refractivity contribution in [1.29, 1.82) is 0 Å². The zero-order chi connectivity index (χ0) is 19.0. The Morgan fingerprint density at radius 1 is 1.15 bits per heavy atom. The SMILES string of the molecule is CN=C(NCc1cc(Br)c(OC)c(OC)c1)NCC(OC)C(C)(C)C.I. The topological polar surface area (TPSA) is 64.1 Å². The molecule has 0 aromatic heterocycles. The third-order valence-electron chi connectivity index (χ3n) is 3.88. The molecule has 1 aromatic carbocycles. The molecule has 0 fully saturated rings. The van der Waals surface area contributed by atoms with Gasteiger partial charge in [0.05, 0.1) is 24.8 Å². The van der Waals surface area contributed by atoms with Gasteiger partial charge in [-0.05, 0) is 39.0 Å². The Morgan fingerprint density at radius 3 is 2.27 bits per heavy atom. The van der Waals surface area contributed by atoms with E-state index < -0.39 is 0 Å². The molecule has 0 saturated heterocycles. The lowest BCUT2D eigenvalue weighted by Gasteiger charge is -2.30. The molecule has 1 rings (SSSR count). The van der Waals surface area contributed by atoms with Crippen LogP contribution < -0.4 is 20.1 Å². The van der Waals surface area contributed by atoms with Gasteiger partial charge < -0.3 is 24.8 Å². The average Bonchev–Trinajstić information content (AvgIpc) is 2.56. The second-order valence-corrected chi connectivity index (χ2v) is 7.56. The third kappa shape index (κ3) is 7.48. The number of hydrogen-bond acceptors (Lipinski definition) is 4. The van der Waals surface area contributed by atoms with Crippen molar-refractivity contribution in [2.24, 2.45) is 10.4 Å². The lowest BCUT2D eigenvalue weighted by Crippen LogP contribution is -2.45. The molecule has 150 valence electrons. The van der Waals surface area contributed by atoms with Crippen LogP contribution >= 0.6 is 39.9 Å². The van der Waals surface area contributed by atoms with Crippen molar-refractivity contribution in [2.75, 3.05) is 34.9 Å². The van der Waals surface area contributed by atoms with Crippen LogP contribution in [0.4, 0.5) is 0 Å². The predicted octanol–water partition coefficient (Wildman–Crippen LogP) is 3.81. The largest absolute Gasteiger partial charge is 0.493 e. The molecule has 0 spiro atoms. The van der Waals surface area contributed by atoms with Gasteiger partial charge in [-0.15, -0.1) is 24.0 Å². The Morgan fingerprint density at radius 2 is 1.81 bits per heavy atom. The molecule has 1 aromatic rings. The lowest BCUT2D eigenvalue weighted by molar-refractivity contribution is 0.0205. The number of guanidine groups is 1. The number of halogens is 2. The van der Waals surface area contributed by atoms with E-state index in [1.807, 2.05) is 12.1 Å².